The number of hydrogen-bond donors (Lipinski definition) is 1. The molecule has 0 saturated carbocycles. The van der Waals surface area contributed by atoms with Crippen molar-refractivity contribution < 1.29 is 14.3 Å². The van der Waals surface area contributed by atoms with E-state index in [0.717, 1.165) is 10.4 Å². The molecule has 5 heteroatoms. The van der Waals surface area contributed by atoms with Crippen molar-refractivity contribution >= 4 is 23.2 Å². The van der Waals surface area contributed by atoms with Gasteiger partial charge in [0.25, 0.3) is 5.91 Å². The molecule has 0 bridgehead atoms. The lowest BCUT2D eigenvalue weighted by molar-refractivity contribution is -0.150. The molecule has 1 aromatic heterocycles. The normalized spacial score (nSPS) is 12.5. The number of nitrogens with one attached hydrogen (secondary N) is 1. The lowest BCUT2D eigenvalue weighted by Gasteiger charge is -2.19. The molecule has 2 rings (SSSR count). The summed E-state index contributed by atoms with van der Waals surface area (Å²) >= 11 is 1.58. The largest absolute Gasteiger partial charge is 0.456 e. The fourth-order valence-corrected chi connectivity index (χ4v) is 3.05. The van der Waals surface area contributed by atoms with Crippen molar-refractivity contribution in [2.45, 2.75) is 33.2 Å². The summed E-state index contributed by atoms with van der Waals surface area (Å²) in [6, 6.07) is 13.4. The molecule has 2 aromatic rings. The van der Waals surface area contributed by atoms with E-state index in [9.17, 15) is 9.59 Å². The van der Waals surface area contributed by atoms with Crippen LogP contribution in [0.5, 0.6) is 0 Å². The molecule has 24 heavy (non-hydrogen) atoms. The van der Waals surface area contributed by atoms with Crippen LogP contribution in [0.2, 0.25) is 0 Å². The number of amides is 1. The van der Waals surface area contributed by atoms with E-state index in [0.29, 0.717) is 0 Å². The molecule has 0 aliphatic rings. The van der Waals surface area contributed by atoms with Crippen LogP contribution < -0.4 is 5.32 Å². The van der Waals surface area contributed by atoms with Gasteiger partial charge in [0.1, 0.15) is 0 Å². The molecule has 128 valence electrons. The van der Waals surface area contributed by atoms with Gasteiger partial charge in [0.15, 0.2) is 6.61 Å². The van der Waals surface area contributed by atoms with Gasteiger partial charge in [0, 0.05) is 4.88 Å². The van der Waals surface area contributed by atoms with Crippen molar-refractivity contribution in [2.75, 3.05) is 6.61 Å². The first-order valence-corrected chi connectivity index (χ1v) is 8.76. The summed E-state index contributed by atoms with van der Waals surface area (Å²) in [6.07, 6.45) is 0.285. The third-order valence-corrected chi connectivity index (χ3v) is 4.24. The van der Waals surface area contributed by atoms with Gasteiger partial charge >= 0.3 is 5.97 Å². The standard InChI is InChI=1S/C19H23NO3S/c1-19(2,3)12-17(22)23-13-16(21)20-18(15-10-7-11-24-15)14-8-5-4-6-9-14/h4-11,18H,12-13H2,1-3H3,(H,20,21)/t18-/m1/s1. The van der Waals surface area contributed by atoms with Crippen molar-refractivity contribution in [3.63, 3.8) is 0 Å². The lowest BCUT2D eigenvalue weighted by atomic mass is 9.92. The van der Waals surface area contributed by atoms with Crippen molar-refractivity contribution in [1.29, 1.82) is 0 Å². The predicted octanol–water partition coefficient (Wildman–Crippen LogP) is 3.93. The number of ether oxygens (including phenoxy) is 1. The summed E-state index contributed by atoms with van der Waals surface area (Å²) in [5.74, 6) is -0.662. The highest BCUT2D eigenvalue weighted by Crippen LogP contribution is 2.25. The fourth-order valence-electron chi connectivity index (χ4n) is 2.25. The molecule has 0 unspecified atom stereocenters. The zero-order valence-electron chi connectivity index (χ0n) is 14.2. The Bertz CT molecular complexity index is 660. The molecule has 1 aromatic carbocycles. The number of hydrogen-bond acceptors (Lipinski definition) is 4. The molecule has 0 aliphatic carbocycles. The van der Waals surface area contributed by atoms with Gasteiger partial charge in [-0.3, -0.25) is 9.59 Å². The van der Waals surface area contributed by atoms with Gasteiger partial charge in [0.05, 0.1) is 12.5 Å². The minimum atomic E-state index is -0.356. The van der Waals surface area contributed by atoms with Crippen molar-refractivity contribution in [2.24, 2.45) is 5.41 Å². The van der Waals surface area contributed by atoms with Gasteiger partial charge in [-0.05, 0) is 22.4 Å². The Kier molecular flexibility index (Phi) is 6.15. The minimum absolute atomic E-state index is 0.156. The molecule has 0 spiro atoms. The first-order chi connectivity index (χ1) is 11.3. The maximum absolute atomic E-state index is 12.2. The number of carbonyl (C=O) groups excluding carboxylic acids is 2. The highest BCUT2D eigenvalue weighted by Gasteiger charge is 2.20. The molecule has 0 fully saturated rings. The summed E-state index contributed by atoms with van der Waals surface area (Å²) in [4.78, 5) is 25.0. The Hall–Kier alpha value is -2.14. The van der Waals surface area contributed by atoms with Gasteiger partial charge < -0.3 is 10.1 Å². The monoisotopic (exact) mass is 345 g/mol. The van der Waals surface area contributed by atoms with E-state index in [1.165, 1.54) is 0 Å². The van der Waals surface area contributed by atoms with Crippen LogP contribution in [0.25, 0.3) is 0 Å². The van der Waals surface area contributed by atoms with Gasteiger partial charge in [-0.2, -0.15) is 0 Å². The first kappa shape index (κ1) is 18.2. The van der Waals surface area contributed by atoms with E-state index >= 15 is 0 Å². The number of benzene rings is 1. The summed E-state index contributed by atoms with van der Waals surface area (Å²) in [6.45, 7) is 5.60. The predicted molar refractivity (Wildman–Crippen MR) is 95.8 cm³/mol. The average molecular weight is 345 g/mol. The highest BCUT2D eigenvalue weighted by molar-refractivity contribution is 7.10. The second kappa shape index (κ2) is 8.11. The van der Waals surface area contributed by atoms with Gasteiger partial charge in [-0.15, -0.1) is 11.3 Å². The Labute approximate surface area is 146 Å². The molecule has 0 saturated heterocycles. The smallest absolute Gasteiger partial charge is 0.306 e. The van der Waals surface area contributed by atoms with Gasteiger partial charge in [-0.25, -0.2) is 0 Å². The third-order valence-electron chi connectivity index (χ3n) is 3.30. The minimum Gasteiger partial charge on any atom is -0.456 e. The van der Waals surface area contributed by atoms with E-state index in [1.807, 2.05) is 68.6 Å². The van der Waals surface area contributed by atoms with Crippen molar-refractivity contribution in [3.8, 4) is 0 Å². The summed E-state index contributed by atoms with van der Waals surface area (Å²) in [5.41, 5.74) is 0.839. The summed E-state index contributed by atoms with van der Waals surface area (Å²) in [7, 11) is 0. The number of carbonyl (C=O) groups is 2. The van der Waals surface area contributed by atoms with E-state index in [-0.39, 0.29) is 36.4 Å². The topological polar surface area (TPSA) is 55.4 Å². The zero-order valence-corrected chi connectivity index (χ0v) is 15.1. The fraction of sp³-hybridized carbons (Fsp3) is 0.368. The average Bonchev–Trinajstić information content (AvgIpc) is 3.04. The first-order valence-electron chi connectivity index (χ1n) is 7.88. The Morgan fingerprint density at radius 3 is 2.42 bits per heavy atom. The highest BCUT2D eigenvalue weighted by atomic mass is 32.1. The second-order valence-electron chi connectivity index (χ2n) is 6.82. The Morgan fingerprint density at radius 1 is 1.12 bits per heavy atom. The van der Waals surface area contributed by atoms with Crippen molar-refractivity contribution in [1.82, 2.24) is 5.32 Å². The van der Waals surface area contributed by atoms with Crippen LogP contribution in [-0.4, -0.2) is 18.5 Å². The molecule has 0 radical (unpaired) electrons. The lowest BCUT2D eigenvalue weighted by Crippen LogP contribution is -2.33. The van der Waals surface area contributed by atoms with E-state index in [2.05, 4.69) is 5.32 Å². The third kappa shape index (κ3) is 5.81. The van der Waals surface area contributed by atoms with Crippen LogP contribution in [0.15, 0.2) is 47.8 Å². The van der Waals surface area contributed by atoms with Crippen molar-refractivity contribution in [3.05, 3.63) is 58.3 Å². The van der Waals surface area contributed by atoms with E-state index < -0.39 is 0 Å². The summed E-state index contributed by atoms with van der Waals surface area (Å²) in [5, 5.41) is 4.92. The van der Waals surface area contributed by atoms with Crippen LogP contribution in [0, 0.1) is 5.41 Å². The molecule has 1 atom stereocenters. The molecule has 0 aliphatic heterocycles. The van der Waals surface area contributed by atoms with E-state index in [4.69, 9.17) is 4.74 Å². The Morgan fingerprint density at radius 2 is 1.83 bits per heavy atom. The van der Waals surface area contributed by atoms with Crippen LogP contribution >= 0.6 is 11.3 Å². The Balaban J connectivity index is 1.97. The number of rotatable bonds is 6. The maximum atomic E-state index is 12.2. The maximum Gasteiger partial charge on any atom is 0.306 e. The van der Waals surface area contributed by atoms with Crippen LogP contribution in [-0.2, 0) is 14.3 Å². The molecule has 1 N–H and O–H groups in total. The zero-order chi connectivity index (χ0) is 17.6. The molecular formula is C19H23NO3S. The van der Waals surface area contributed by atoms with Gasteiger partial charge in [-0.1, -0.05) is 57.2 Å². The van der Waals surface area contributed by atoms with Crippen LogP contribution in [0.3, 0.4) is 0 Å². The molecular weight excluding hydrogens is 322 g/mol. The molecule has 4 nitrogen and oxygen atoms in total. The van der Waals surface area contributed by atoms with Crippen LogP contribution in [0.1, 0.15) is 43.7 Å². The SMILES string of the molecule is CC(C)(C)CC(=O)OCC(=O)N[C@H](c1ccccc1)c1cccs1. The second-order valence-corrected chi connectivity index (χ2v) is 7.80. The molecule has 1 heterocycles. The summed E-state index contributed by atoms with van der Waals surface area (Å²) < 4.78 is 5.09. The van der Waals surface area contributed by atoms with Crippen LogP contribution in [0.4, 0.5) is 0 Å². The van der Waals surface area contributed by atoms with Gasteiger partial charge in [0.2, 0.25) is 0 Å². The molecule has 1 amide bonds. The number of thiophene rings is 1. The quantitative estimate of drug-likeness (QED) is 0.807. The van der Waals surface area contributed by atoms with E-state index in [1.54, 1.807) is 11.3 Å². The number of esters is 1.